The highest BCUT2D eigenvalue weighted by Gasteiger charge is 2.17. The molecule has 2 N–H and O–H groups in total. The number of nitrogens with two attached hydrogens (primary N) is 1. The van der Waals surface area contributed by atoms with Crippen LogP contribution in [0.3, 0.4) is 0 Å². The lowest BCUT2D eigenvalue weighted by Crippen LogP contribution is -2.46. The Labute approximate surface area is 119 Å². The lowest BCUT2D eigenvalue weighted by atomic mass is 10.2. The van der Waals surface area contributed by atoms with Crippen LogP contribution < -0.4 is 10.6 Å². The smallest absolute Gasteiger partial charge is 0.217 e. The Kier molecular flexibility index (Phi) is 4.97. The van der Waals surface area contributed by atoms with Crippen LogP contribution in [0.1, 0.15) is 18.4 Å². The number of carbonyl (C=O) groups is 1. The molecule has 106 valence electrons. The molecule has 1 amide bonds. The number of carbonyl (C=O) groups excluding carboxylic acids is 1. The van der Waals surface area contributed by atoms with Gasteiger partial charge in [0.2, 0.25) is 5.91 Å². The van der Waals surface area contributed by atoms with Gasteiger partial charge in [-0.2, -0.15) is 5.26 Å². The summed E-state index contributed by atoms with van der Waals surface area (Å²) in [6, 6.07) is 9.90. The highest BCUT2D eigenvalue weighted by Crippen LogP contribution is 2.17. The number of hydrogen-bond donors (Lipinski definition) is 1. The molecule has 0 radical (unpaired) electrons. The molecule has 1 aliphatic heterocycles. The van der Waals surface area contributed by atoms with E-state index in [4.69, 9.17) is 11.0 Å². The number of piperazine rings is 1. The van der Waals surface area contributed by atoms with Crippen LogP contribution in [-0.2, 0) is 4.79 Å². The molecule has 1 saturated heterocycles. The molecule has 0 atom stereocenters. The molecule has 1 aromatic carbocycles. The quantitative estimate of drug-likeness (QED) is 0.866. The summed E-state index contributed by atoms with van der Waals surface area (Å²) in [7, 11) is 0. The van der Waals surface area contributed by atoms with Crippen LogP contribution in [0, 0.1) is 11.3 Å². The van der Waals surface area contributed by atoms with E-state index in [1.54, 1.807) is 0 Å². The van der Waals surface area contributed by atoms with Gasteiger partial charge >= 0.3 is 0 Å². The standard InChI is InChI=1S/C15H20N4O/c16-12-13-3-1-4-14(11-13)19-9-7-18(8-10-19)6-2-5-15(17)20/h1,3-4,11H,2,5-10H2,(H2,17,20). The number of benzene rings is 1. The topological polar surface area (TPSA) is 73.4 Å². The Bertz CT molecular complexity index is 501. The van der Waals surface area contributed by atoms with Crippen LogP contribution in [0.2, 0.25) is 0 Å². The SMILES string of the molecule is N#Cc1cccc(N2CCN(CCCC(N)=O)CC2)c1. The molecule has 20 heavy (non-hydrogen) atoms. The molecule has 1 fully saturated rings. The van der Waals surface area contributed by atoms with Crippen molar-refractivity contribution >= 4 is 11.6 Å². The molecule has 0 unspecified atom stereocenters. The molecule has 0 bridgehead atoms. The minimum absolute atomic E-state index is 0.225. The first kappa shape index (κ1) is 14.4. The van der Waals surface area contributed by atoms with Crippen LogP contribution in [0.4, 0.5) is 5.69 Å². The molecular formula is C15H20N4O. The number of nitrogens with zero attached hydrogens (tertiary/aromatic N) is 3. The highest BCUT2D eigenvalue weighted by atomic mass is 16.1. The van der Waals surface area contributed by atoms with Gasteiger partial charge in [0.05, 0.1) is 11.6 Å². The number of anilines is 1. The first-order valence-electron chi connectivity index (χ1n) is 6.95. The van der Waals surface area contributed by atoms with Gasteiger partial charge < -0.3 is 10.6 Å². The van der Waals surface area contributed by atoms with Crippen LogP contribution in [0.5, 0.6) is 0 Å². The van der Waals surface area contributed by atoms with Crippen molar-refractivity contribution in [2.75, 3.05) is 37.6 Å². The maximum atomic E-state index is 10.7. The lowest BCUT2D eigenvalue weighted by Gasteiger charge is -2.36. The van der Waals surface area contributed by atoms with Crippen LogP contribution in [-0.4, -0.2) is 43.5 Å². The van der Waals surface area contributed by atoms with E-state index >= 15 is 0 Å². The van der Waals surface area contributed by atoms with Gasteiger partial charge in [-0.25, -0.2) is 0 Å². The van der Waals surface area contributed by atoms with Gasteiger partial charge in [0.15, 0.2) is 0 Å². The van der Waals surface area contributed by atoms with E-state index in [9.17, 15) is 4.79 Å². The normalized spacial score (nSPS) is 15.8. The lowest BCUT2D eigenvalue weighted by molar-refractivity contribution is -0.118. The van der Waals surface area contributed by atoms with Crippen molar-refractivity contribution in [2.45, 2.75) is 12.8 Å². The number of hydrogen-bond acceptors (Lipinski definition) is 4. The second-order valence-electron chi connectivity index (χ2n) is 5.06. The summed E-state index contributed by atoms with van der Waals surface area (Å²) in [5.74, 6) is -0.225. The summed E-state index contributed by atoms with van der Waals surface area (Å²) in [5.41, 5.74) is 6.95. The third-order valence-corrected chi connectivity index (χ3v) is 3.61. The van der Waals surface area contributed by atoms with Crippen molar-refractivity contribution in [3.63, 3.8) is 0 Å². The summed E-state index contributed by atoms with van der Waals surface area (Å²) in [4.78, 5) is 15.4. The van der Waals surface area contributed by atoms with Crippen molar-refractivity contribution in [1.29, 1.82) is 5.26 Å². The Morgan fingerprint density at radius 2 is 2.05 bits per heavy atom. The average Bonchev–Trinajstić information content (AvgIpc) is 2.48. The highest BCUT2D eigenvalue weighted by molar-refractivity contribution is 5.73. The minimum Gasteiger partial charge on any atom is -0.370 e. The maximum Gasteiger partial charge on any atom is 0.217 e. The molecule has 1 aliphatic rings. The van der Waals surface area contributed by atoms with Crippen molar-refractivity contribution in [3.05, 3.63) is 29.8 Å². The molecular weight excluding hydrogens is 252 g/mol. The minimum atomic E-state index is -0.225. The van der Waals surface area contributed by atoms with E-state index in [1.807, 2.05) is 24.3 Å². The number of rotatable bonds is 5. The van der Waals surface area contributed by atoms with E-state index in [0.717, 1.165) is 44.8 Å². The van der Waals surface area contributed by atoms with Gasteiger partial charge in [-0.1, -0.05) is 6.07 Å². The third-order valence-electron chi connectivity index (χ3n) is 3.61. The number of amides is 1. The van der Waals surface area contributed by atoms with Crippen molar-refractivity contribution in [3.8, 4) is 6.07 Å². The van der Waals surface area contributed by atoms with Crippen molar-refractivity contribution in [2.24, 2.45) is 5.73 Å². The fraction of sp³-hybridized carbons (Fsp3) is 0.467. The molecule has 1 heterocycles. The second kappa shape index (κ2) is 6.92. The Morgan fingerprint density at radius 1 is 1.30 bits per heavy atom. The molecule has 0 aromatic heterocycles. The number of primary amides is 1. The number of nitriles is 1. The molecule has 2 rings (SSSR count). The fourth-order valence-electron chi connectivity index (χ4n) is 2.48. The average molecular weight is 272 g/mol. The summed E-state index contributed by atoms with van der Waals surface area (Å²) >= 11 is 0. The zero-order valence-electron chi connectivity index (χ0n) is 11.6. The van der Waals surface area contributed by atoms with Gasteiger partial charge in [-0.3, -0.25) is 9.69 Å². The van der Waals surface area contributed by atoms with Gasteiger partial charge in [-0.15, -0.1) is 0 Å². The van der Waals surface area contributed by atoms with Crippen molar-refractivity contribution < 1.29 is 4.79 Å². The van der Waals surface area contributed by atoms with Crippen LogP contribution in [0.25, 0.3) is 0 Å². The van der Waals surface area contributed by atoms with Gasteiger partial charge in [-0.05, 0) is 31.2 Å². The van der Waals surface area contributed by atoms with E-state index < -0.39 is 0 Å². The summed E-state index contributed by atoms with van der Waals surface area (Å²) in [6.45, 7) is 4.79. The molecule has 5 heteroatoms. The summed E-state index contributed by atoms with van der Waals surface area (Å²) in [6.07, 6.45) is 1.30. The van der Waals surface area contributed by atoms with Gasteiger partial charge in [0.1, 0.15) is 0 Å². The Balaban J connectivity index is 1.82. The molecule has 0 saturated carbocycles. The Morgan fingerprint density at radius 3 is 2.70 bits per heavy atom. The van der Waals surface area contributed by atoms with Gasteiger partial charge in [0, 0.05) is 38.3 Å². The Hall–Kier alpha value is -2.06. The van der Waals surface area contributed by atoms with Crippen molar-refractivity contribution in [1.82, 2.24) is 4.90 Å². The first-order valence-corrected chi connectivity index (χ1v) is 6.95. The predicted molar refractivity (Wildman–Crippen MR) is 78.2 cm³/mol. The first-order chi connectivity index (χ1) is 9.69. The predicted octanol–water partition coefficient (Wildman–Crippen LogP) is 0.946. The van der Waals surface area contributed by atoms with E-state index in [1.165, 1.54) is 0 Å². The van der Waals surface area contributed by atoms with E-state index in [2.05, 4.69) is 15.9 Å². The summed E-state index contributed by atoms with van der Waals surface area (Å²) < 4.78 is 0. The van der Waals surface area contributed by atoms with Crippen LogP contribution >= 0.6 is 0 Å². The zero-order chi connectivity index (χ0) is 14.4. The van der Waals surface area contributed by atoms with Crippen LogP contribution in [0.15, 0.2) is 24.3 Å². The molecule has 1 aromatic rings. The monoisotopic (exact) mass is 272 g/mol. The molecule has 5 nitrogen and oxygen atoms in total. The summed E-state index contributed by atoms with van der Waals surface area (Å²) in [5, 5.41) is 8.93. The maximum absolute atomic E-state index is 10.7. The molecule has 0 spiro atoms. The fourth-order valence-corrected chi connectivity index (χ4v) is 2.48. The second-order valence-corrected chi connectivity index (χ2v) is 5.06. The third kappa shape index (κ3) is 3.97. The zero-order valence-corrected chi connectivity index (χ0v) is 11.6. The van der Waals surface area contributed by atoms with E-state index in [-0.39, 0.29) is 5.91 Å². The van der Waals surface area contributed by atoms with E-state index in [0.29, 0.717) is 12.0 Å². The van der Waals surface area contributed by atoms with Gasteiger partial charge in [0.25, 0.3) is 0 Å². The molecule has 0 aliphatic carbocycles. The largest absolute Gasteiger partial charge is 0.370 e.